The standard InChI is InChI=1S/C15H23N5/c1-4-6-9-13(5-2)16-14-10-7-8-12(11-14)15-17-18-19-20(15)3/h7-8,10-11,13,16H,4-6,9H2,1-3H3. The molecule has 0 aliphatic heterocycles. The first-order valence-electron chi connectivity index (χ1n) is 7.34. The van der Waals surface area contributed by atoms with Gasteiger partial charge in [0.05, 0.1) is 0 Å². The molecular weight excluding hydrogens is 250 g/mol. The SMILES string of the molecule is CCCCC(CC)Nc1cccc(-c2nnnn2C)c1. The molecule has 0 fully saturated rings. The molecule has 1 unspecified atom stereocenters. The molecule has 0 saturated heterocycles. The van der Waals surface area contributed by atoms with Gasteiger partial charge >= 0.3 is 0 Å². The number of tetrazole rings is 1. The summed E-state index contributed by atoms with van der Waals surface area (Å²) in [4.78, 5) is 0. The van der Waals surface area contributed by atoms with E-state index in [0.717, 1.165) is 23.5 Å². The summed E-state index contributed by atoms with van der Waals surface area (Å²) in [5.74, 6) is 0.787. The molecule has 0 spiro atoms. The van der Waals surface area contributed by atoms with E-state index in [1.165, 1.54) is 19.3 Å². The second-order valence-electron chi connectivity index (χ2n) is 5.10. The van der Waals surface area contributed by atoms with Gasteiger partial charge in [-0.3, -0.25) is 0 Å². The lowest BCUT2D eigenvalue weighted by Gasteiger charge is -2.18. The number of hydrogen-bond donors (Lipinski definition) is 1. The fourth-order valence-electron chi connectivity index (χ4n) is 2.29. The van der Waals surface area contributed by atoms with Crippen LogP contribution in [0.1, 0.15) is 39.5 Å². The third kappa shape index (κ3) is 3.56. The number of anilines is 1. The van der Waals surface area contributed by atoms with E-state index in [9.17, 15) is 0 Å². The quantitative estimate of drug-likeness (QED) is 0.841. The Labute approximate surface area is 120 Å². The van der Waals surface area contributed by atoms with Crippen molar-refractivity contribution in [2.45, 2.75) is 45.6 Å². The van der Waals surface area contributed by atoms with Crippen LogP contribution in [-0.4, -0.2) is 26.2 Å². The van der Waals surface area contributed by atoms with E-state index in [2.05, 4.69) is 46.8 Å². The maximum Gasteiger partial charge on any atom is 0.181 e. The molecule has 0 bridgehead atoms. The molecule has 1 aromatic heterocycles. The minimum absolute atomic E-state index is 0.530. The van der Waals surface area contributed by atoms with Crippen molar-refractivity contribution in [2.24, 2.45) is 7.05 Å². The molecule has 0 aliphatic rings. The van der Waals surface area contributed by atoms with Crippen molar-refractivity contribution in [1.82, 2.24) is 20.2 Å². The lowest BCUT2D eigenvalue weighted by Crippen LogP contribution is -2.18. The molecular formula is C15H23N5. The van der Waals surface area contributed by atoms with Crippen molar-refractivity contribution in [3.63, 3.8) is 0 Å². The first kappa shape index (κ1) is 14.5. The summed E-state index contributed by atoms with van der Waals surface area (Å²) < 4.78 is 1.69. The number of benzene rings is 1. The van der Waals surface area contributed by atoms with Crippen molar-refractivity contribution in [3.05, 3.63) is 24.3 Å². The molecule has 0 aliphatic carbocycles. The fourth-order valence-corrected chi connectivity index (χ4v) is 2.29. The van der Waals surface area contributed by atoms with Crippen LogP contribution >= 0.6 is 0 Å². The number of unbranched alkanes of at least 4 members (excludes halogenated alkanes) is 1. The smallest absolute Gasteiger partial charge is 0.181 e. The summed E-state index contributed by atoms with van der Waals surface area (Å²) in [5.41, 5.74) is 2.17. The lowest BCUT2D eigenvalue weighted by molar-refractivity contribution is 0.593. The highest BCUT2D eigenvalue weighted by Gasteiger charge is 2.09. The Balaban J connectivity index is 2.11. The van der Waals surface area contributed by atoms with Crippen LogP contribution in [0.2, 0.25) is 0 Å². The fraction of sp³-hybridized carbons (Fsp3) is 0.533. The van der Waals surface area contributed by atoms with Gasteiger partial charge in [0.15, 0.2) is 5.82 Å². The van der Waals surface area contributed by atoms with Gasteiger partial charge in [-0.25, -0.2) is 4.68 Å². The molecule has 5 nitrogen and oxygen atoms in total. The molecule has 20 heavy (non-hydrogen) atoms. The van der Waals surface area contributed by atoms with Crippen LogP contribution < -0.4 is 5.32 Å². The van der Waals surface area contributed by atoms with Gasteiger partial charge in [0.1, 0.15) is 0 Å². The topological polar surface area (TPSA) is 55.6 Å². The Hall–Kier alpha value is -1.91. The van der Waals surface area contributed by atoms with E-state index in [4.69, 9.17) is 0 Å². The molecule has 1 heterocycles. The van der Waals surface area contributed by atoms with Gasteiger partial charge in [0.2, 0.25) is 0 Å². The highest BCUT2D eigenvalue weighted by Crippen LogP contribution is 2.21. The predicted octanol–water partition coefficient (Wildman–Crippen LogP) is 3.26. The third-order valence-electron chi connectivity index (χ3n) is 3.51. The van der Waals surface area contributed by atoms with E-state index < -0.39 is 0 Å². The van der Waals surface area contributed by atoms with Gasteiger partial charge in [0, 0.05) is 24.3 Å². The highest BCUT2D eigenvalue weighted by atomic mass is 15.5. The van der Waals surface area contributed by atoms with Gasteiger partial charge in [-0.15, -0.1) is 5.10 Å². The Morgan fingerprint density at radius 2 is 2.15 bits per heavy atom. The zero-order chi connectivity index (χ0) is 14.4. The highest BCUT2D eigenvalue weighted by molar-refractivity contribution is 5.62. The molecule has 0 saturated carbocycles. The summed E-state index contributed by atoms with van der Waals surface area (Å²) in [6.07, 6.45) is 4.85. The zero-order valence-corrected chi connectivity index (χ0v) is 12.5. The molecule has 1 atom stereocenters. The molecule has 108 valence electrons. The number of aryl methyl sites for hydroxylation is 1. The monoisotopic (exact) mass is 273 g/mol. The Morgan fingerprint density at radius 1 is 1.30 bits per heavy atom. The van der Waals surface area contributed by atoms with Crippen molar-refractivity contribution in [3.8, 4) is 11.4 Å². The normalized spacial score (nSPS) is 12.3. The maximum absolute atomic E-state index is 4.05. The lowest BCUT2D eigenvalue weighted by atomic mass is 10.1. The van der Waals surface area contributed by atoms with Crippen LogP contribution in [0, 0.1) is 0 Å². The molecule has 0 amide bonds. The molecule has 2 aromatic rings. The van der Waals surface area contributed by atoms with E-state index in [1.807, 2.05) is 19.2 Å². The second-order valence-corrected chi connectivity index (χ2v) is 5.10. The third-order valence-corrected chi connectivity index (χ3v) is 3.51. The summed E-state index contributed by atoms with van der Waals surface area (Å²) >= 11 is 0. The number of rotatable bonds is 7. The van der Waals surface area contributed by atoms with Crippen LogP contribution in [0.5, 0.6) is 0 Å². The first-order valence-corrected chi connectivity index (χ1v) is 7.34. The molecule has 1 N–H and O–H groups in total. The molecule has 0 radical (unpaired) electrons. The van der Waals surface area contributed by atoms with Crippen LogP contribution in [0.25, 0.3) is 11.4 Å². The zero-order valence-electron chi connectivity index (χ0n) is 12.5. The summed E-state index contributed by atoms with van der Waals surface area (Å²) in [6.45, 7) is 4.46. The van der Waals surface area contributed by atoms with E-state index in [0.29, 0.717) is 6.04 Å². The summed E-state index contributed by atoms with van der Waals surface area (Å²) in [5, 5.41) is 15.2. The average molecular weight is 273 g/mol. The predicted molar refractivity (Wildman–Crippen MR) is 81.5 cm³/mol. The van der Waals surface area contributed by atoms with Gasteiger partial charge in [0.25, 0.3) is 0 Å². The summed E-state index contributed by atoms with van der Waals surface area (Å²) in [7, 11) is 1.85. The van der Waals surface area contributed by atoms with E-state index in [-0.39, 0.29) is 0 Å². The average Bonchev–Trinajstić information content (AvgIpc) is 2.90. The van der Waals surface area contributed by atoms with E-state index >= 15 is 0 Å². The van der Waals surface area contributed by atoms with E-state index in [1.54, 1.807) is 4.68 Å². The van der Waals surface area contributed by atoms with Crippen molar-refractivity contribution in [2.75, 3.05) is 5.32 Å². The minimum Gasteiger partial charge on any atom is -0.382 e. The van der Waals surface area contributed by atoms with Gasteiger partial charge < -0.3 is 5.32 Å². The number of aromatic nitrogens is 4. The van der Waals surface area contributed by atoms with Crippen LogP contribution in [0.3, 0.4) is 0 Å². The van der Waals surface area contributed by atoms with Crippen molar-refractivity contribution >= 4 is 5.69 Å². The van der Waals surface area contributed by atoms with Gasteiger partial charge in [-0.1, -0.05) is 38.8 Å². The maximum atomic E-state index is 4.05. The number of hydrogen-bond acceptors (Lipinski definition) is 4. The van der Waals surface area contributed by atoms with Crippen molar-refractivity contribution < 1.29 is 0 Å². The molecule has 1 aromatic carbocycles. The van der Waals surface area contributed by atoms with Crippen LogP contribution in [0.15, 0.2) is 24.3 Å². The Bertz CT molecular complexity index is 535. The summed E-state index contributed by atoms with van der Waals surface area (Å²) in [6, 6.07) is 8.81. The number of nitrogens with zero attached hydrogens (tertiary/aromatic N) is 4. The Morgan fingerprint density at radius 3 is 2.80 bits per heavy atom. The van der Waals surface area contributed by atoms with Crippen molar-refractivity contribution in [1.29, 1.82) is 0 Å². The largest absolute Gasteiger partial charge is 0.382 e. The Kier molecular flexibility index (Phi) is 5.09. The van der Waals surface area contributed by atoms with Gasteiger partial charge in [-0.2, -0.15) is 0 Å². The first-order chi connectivity index (χ1) is 9.74. The second kappa shape index (κ2) is 7.03. The van der Waals surface area contributed by atoms with Gasteiger partial charge in [-0.05, 0) is 35.4 Å². The number of nitrogens with one attached hydrogen (secondary N) is 1. The minimum atomic E-state index is 0.530. The van der Waals surface area contributed by atoms with Crippen LogP contribution in [0.4, 0.5) is 5.69 Å². The molecule has 5 heteroatoms. The molecule has 2 rings (SSSR count). The van der Waals surface area contributed by atoms with Crippen LogP contribution in [-0.2, 0) is 7.05 Å².